The van der Waals surface area contributed by atoms with Crippen LogP contribution in [0.2, 0.25) is 0 Å². The molecule has 1 aliphatic heterocycles. The molecule has 5 heterocycles. The third kappa shape index (κ3) is 3.00. The first-order valence-corrected chi connectivity index (χ1v) is 9.36. The van der Waals surface area contributed by atoms with E-state index in [0.29, 0.717) is 13.1 Å². The van der Waals surface area contributed by atoms with Crippen LogP contribution in [-0.4, -0.2) is 56.2 Å². The third-order valence-electron chi connectivity index (χ3n) is 5.15. The van der Waals surface area contributed by atoms with Gasteiger partial charge in [0.2, 0.25) is 0 Å². The fourth-order valence-corrected chi connectivity index (χ4v) is 3.61. The van der Waals surface area contributed by atoms with E-state index in [0.717, 1.165) is 35.8 Å². The quantitative estimate of drug-likeness (QED) is 0.554. The molecule has 1 saturated heterocycles. The van der Waals surface area contributed by atoms with Gasteiger partial charge in [0.05, 0.1) is 5.56 Å². The van der Waals surface area contributed by atoms with Gasteiger partial charge in [0, 0.05) is 56.5 Å². The second-order valence-electron chi connectivity index (χ2n) is 6.88. The van der Waals surface area contributed by atoms with E-state index in [-0.39, 0.29) is 5.91 Å². The maximum atomic E-state index is 12.9. The van der Waals surface area contributed by atoms with Gasteiger partial charge in [-0.25, -0.2) is 0 Å². The lowest BCUT2D eigenvalue weighted by Gasteiger charge is -2.35. The summed E-state index contributed by atoms with van der Waals surface area (Å²) in [4.78, 5) is 16.9. The summed E-state index contributed by atoms with van der Waals surface area (Å²) in [5.74, 6) is 1.72. The Morgan fingerprint density at radius 3 is 2.25 bits per heavy atom. The molecule has 0 bridgehead atoms. The average Bonchev–Trinajstić information content (AvgIpc) is 3.43. The Balaban J connectivity index is 1.25. The van der Waals surface area contributed by atoms with Crippen molar-refractivity contribution < 1.29 is 4.79 Å². The first-order chi connectivity index (χ1) is 13.8. The zero-order valence-electron chi connectivity index (χ0n) is 15.3. The van der Waals surface area contributed by atoms with Gasteiger partial charge in [-0.05, 0) is 42.5 Å². The van der Waals surface area contributed by atoms with Crippen molar-refractivity contribution in [1.82, 2.24) is 24.1 Å². The highest BCUT2D eigenvalue weighted by atomic mass is 16.2. The molecule has 0 N–H and O–H groups in total. The molecule has 7 nitrogen and oxygen atoms in total. The molecule has 0 spiro atoms. The molecular weight excluding hydrogens is 352 g/mol. The maximum absolute atomic E-state index is 12.9. The first-order valence-electron chi connectivity index (χ1n) is 9.36. The van der Waals surface area contributed by atoms with Crippen LogP contribution in [0.15, 0.2) is 73.3 Å². The topological polar surface area (TPSA) is 58.7 Å². The van der Waals surface area contributed by atoms with Gasteiger partial charge in [-0.15, -0.1) is 10.2 Å². The van der Waals surface area contributed by atoms with E-state index < -0.39 is 0 Å². The summed E-state index contributed by atoms with van der Waals surface area (Å²) in [5.41, 5.74) is 1.76. The molecule has 140 valence electrons. The van der Waals surface area contributed by atoms with Crippen LogP contribution in [0.5, 0.6) is 0 Å². The van der Waals surface area contributed by atoms with Crippen LogP contribution >= 0.6 is 0 Å². The largest absolute Gasteiger partial charge is 0.352 e. The first kappa shape index (κ1) is 16.6. The lowest BCUT2D eigenvalue weighted by atomic mass is 10.2. The molecule has 28 heavy (non-hydrogen) atoms. The Morgan fingerprint density at radius 2 is 1.54 bits per heavy atom. The number of aromatic nitrogens is 4. The van der Waals surface area contributed by atoms with Gasteiger partial charge in [0.15, 0.2) is 11.6 Å². The average molecular weight is 372 g/mol. The van der Waals surface area contributed by atoms with Gasteiger partial charge in [0.25, 0.3) is 5.91 Å². The van der Waals surface area contributed by atoms with E-state index in [1.165, 1.54) is 0 Å². The number of fused-ring (bicyclic) bond motifs is 1. The van der Waals surface area contributed by atoms with Crippen molar-refractivity contribution in [3.05, 3.63) is 78.9 Å². The van der Waals surface area contributed by atoms with E-state index in [1.54, 1.807) is 0 Å². The van der Waals surface area contributed by atoms with Crippen molar-refractivity contribution >= 4 is 17.2 Å². The van der Waals surface area contributed by atoms with Crippen molar-refractivity contribution in [2.24, 2.45) is 0 Å². The van der Waals surface area contributed by atoms with Crippen LogP contribution < -0.4 is 4.90 Å². The maximum Gasteiger partial charge on any atom is 0.255 e. The number of hydrogen-bond donors (Lipinski definition) is 0. The van der Waals surface area contributed by atoms with Crippen LogP contribution in [0.1, 0.15) is 10.4 Å². The SMILES string of the molecule is O=C(c1cc2ccccn2c1)N1CCN(c2ccc(-n3cccc3)nn2)CC1. The second kappa shape index (κ2) is 6.84. The Bertz CT molecular complexity index is 1060. The van der Waals surface area contributed by atoms with Crippen LogP contribution in [0.25, 0.3) is 11.3 Å². The molecule has 0 unspecified atom stereocenters. The van der Waals surface area contributed by atoms with Crippen molar-refractivity contribution in [3.8, 4) is 5.82 Å². The molecule has 4 aromatic heterocycles. The minimum absolute atomic E-state index is 0.0809. The normalized spacial score (nSPS) is 14.6. The highest BCUT2D eigenvalue weighted by molar-refractivity contribution is 5.95. The molecular formula is C21H20N6O. The summed E-state index contributed by atoms with van der Waals surface area (Å²) < 4.78 is 3.90. The molecule has 4 aromatic rings. The van der Waals surface area contributed by atoms with Crippen LogP contribution in [0, 0.1) is 0 Å². The van der Waals surface area contributed by atoms with Crippen LogP contribution in [0.4, 0.5) is 5.82 Å². The van der Waals surface area contributed by atoms with Gasteiger partial charge in [0.1, 0.15) is 0 Å². The zero-order valence-corrected chi connectivity index (χ0v) is 15.3. The second-order valence-corrected chi connectivity index (χ2v) is 6.88. The monoisotopic (exact) mass is 372 g/mol. The molecule has 7 heteroatoms. The van der Waals surface area contributed by atoms with Crippen molar-refractivity contribution in [3.63, 3.8) is 0 Å². The predicted octanol–water partition coefficient (Wildman–Crippen LogP) is 2.48. The Labute approximate surface area is 162 Å². The molecule has 1 aliphatic rings. The summed E-state index contributed by atoms with van der Waals surface area (Å²) in [6, 6.07) is 15.8. The number of hydrogen-bond acceptors (Lipinski definition) is 4. The Hall–Kier alpha value is -3.61. The number of nitrogens with zero attached hydrogens (tertiary/aromatic N) is 6. The van der Waals surface area contributed by atoms with Crippen molar-refractivity contribution in [2.75, 3.05) is 31.1 Å². The summed E-state index contributed by atoms with van der Waals surface area (Å²) in [6.07, 6.45) is 7.74. The van der Waals surface area contributed by atoms with E-state index in [2.05, 4.69) is 15.1 Å². The lowest BCUT2D eigenvalue weighted by molar-refractivity contribution is 0.0746. The van der Waals surface area contributed by atoms with Crippen LogP contribution in [-0.2, 0) is 0 Å². The summed E-state index contributed by atoms with van der Waals surface area (Å²) in [5, 5.41) is 8.67. The molecule has 0 radical (unpaired) electrons. The minimum Gasteiger partial charge on any atom is -0.352 e. The van der Waals surface area contributed by atoms with Crippen LogP contribution in [0.3, 0.4) is 0 Å². The predicted molar refractivity (Wildman–Crippen MR) is 107 cm³/mol. The Kier molecular flexibility index (Phi) is 4.05. The Morgan fingerprint density at radius 1 is 0.821 bits per heavy atom. The zero-order chi connectivity index (χ0) is 18.9. The van der Waals surface area contributed by atoms with Gasteiger partial charge in [-0.2, -0.15) is 0 Å². The highest BCUT2D eigenvalue weighted by Gasteiger charge is 2.23. The third-order valence-corrected chi connectivity index (χ3v) is 5.15. The molecule has 0 aromatic carbocycles. The number of amides is 1. The number of carbonyl (C=O) groups excluding carboxylic acids is 1. The summed E-state index contributed by atoms with van der Waals surface area (Å²) in [6.45, 7) is 2.84. The smallest absolute Gasteiger partial charge is 0.255 e. The number of anilines is 1. The van der Waals surface area contributed by atoms with Crippen molar-refractivity contribution in [2.45, 2.75) is 0 Å². The summed E-state index contributed by atoms with van der Waals surface area (Å²) in [7, 11) is 0. The van der Waals surface area contributed by atoms with E-state index in [9.17, 15) is 4.79 Å². The summed E-state index contributed by atoms with van der Waals surface area (Å²) >= 11 is 0. The molecule has 0 saturated carbocycles. The lowest BCUT2D eigenvalue weighted by Crippen LogP contribution is -2.49. The number of piperazine rings is 1. The van der Waals surface area contributed by atoms with Crippen molar-refractivity contribution in [1.29, 1.82) is 0 Å². The fourth-order valence-electron chi connectivity index (χ4n) is 3.61. The van der Waals surface area contributed by atoms with E-state index in [4.69, 9.17) is 0 Å². The molecule has 5 rings (SSSR count). The van der Waals surface area contributed by atoms with E-state index >= 15 is 0 Å². The van der Waals surface area contributed by atoms with Gasteiger partial charge < -0.3 is 18.8 Å². The number of pyridine rings is 1. The van der Waals surface area contributed by atoms with Gasteiger partial charge in [-0.1, -0.05) is 6.07 Å². The number of rotatable bonds is 3. The van der Waals surface area contributed by atoms with Gasteiger partial charge in [-0.3, -0.25) is 4.79 Å². The molecule has 0 atom stereocenters. The highest BCUT2D eigenvalue weighted by Crippen LogP contribution is 2.17. The molecule has 1 fully saturated rings. The van der Waals surface area contributed by atoms with E-state index in [1.807, 2.05) is 87.2 Å². The molecule has 0 aliphatic carbocycles. The molecule has 1 amide bonds. The standard InChI is InChI=1S/C21H20N6O/c28-21(17-15-18-5-1-2-10-27(18)16-17)26-13-11-25(12-14-26)20-7-6-19(22-23-20)24-8-3-4-9-24/h1-10,15-16H,11-14H2. The fraction of sp³-hybridized carbons (Fsp3) is 0.190. The number of carbonyl (C=O) groups is 1. The minimum atomic E-state index is 0.0809. The van der Waals surface area contributed by atoms with Gasteiger partial charge >= 0.3 is 0 Å².